The number of carbonyl (C=O) groups excluding carboxylic acids is 1. The first kappa shape index (κ1) is 19.3. The molecule has 4 aromatic heterocycles. The number of fused-ring (bicyclic) bond motifs is 1. The van der Waals surface area contributed by atoms with Gasteiger partial charge >= 0.3 is 0 Å². The summed E-state index contributed by atoms with van der Waals surface area (Å²) >= 11 is 0. The first-order valence-electron chi connectivity index (χ1n) is 10.2. The second kappa shape index (κ2) is 7.86. The summed E-state index contributed by atoms with van der Waals surface area (Å²) in [4.78, 5) is 31.6. The summed E-state index contributed by atoms with van der Waals surface area (Å²) in [5.41, 5.74) is 1.95. The highest BCUT2D eigenvalue weighted by atomic mass is 19.1. The van der Waals surface area contributed by atoms with Gasteiger partial charge in [0.15, 0.2) is 0 Å². The number of piperidine rings is 1. The van der Waals surface area contributed by atoms with Crippen LogP contribution < -0.4 is 0 Å². The van der Waals surface area contributed by atoms with Crippen LogP contribution in [0.25, 0.3) is 17.0 Å². The predicted molar refractivity (Wildman–Crippen MR) is 113 cm³/mol. The van der Waals surface area contributed by atoms with Crippen molar-refractivity contribution >= 4 is 11.6 Å². The van der Waals surface area contributed by atoms with E-state index in [2.05, 4.69) is 19.9 Å². The van der Waals surface area contributed by atoms with Crippen LogP contribution in [0.3, 0.4) is 0 Å². The quantitative estimate of drug-likeness (QED) is 0.510. The zero-order chi connectivity index (χ0) is 21.3. The molecule has 0 spiro atoms. The Labute approximate surface area is 178 Å². The van der Waals surface area contributed by atoms with E-state index in [1.807, 2.05) is 28.9 Å². The fourth-order valence-corrected chi connectivity index (χ4v) is 4.10. The van der Waals surface area contributed by atoms with Gasteiger partial charge in [-0.05, 0) is 48.7 Å². The summed E-state index contributed by atoms with van der Waals surface area (Å²) in [5.74, 6) is -0.150. The smallest absolute Gasteiger partial charge is 0.256 e. The monoisotopic (exact) mass is 416 g/mol. The van der Waals surface area contributed by atoms with Crippen molar-refractivity contribution in [3.8, 4) is 11.4 Å². The number of likely N-dealkylation sites (tertiary alicyclic amines) is 1. The van der Waals surface area contributed by atoms with E-state index in [0.717, 1.165) is 11.2 Å². The van der Waals surface area contributed by atoms with Crippen molar-refractivity contribution in [3.63, 3.8) is 0 Å². The molecule has 31 heavy (non-hydrogen) atoms. The number of rotatable bonds is 4. The third-order valence-electron chi connectivity index (χ3n) is 5.79. The van der Waals surface area contributed by atoms with E-state index in [1.54, 1.807) is 41.7 Å². The zero-order valence-electron chi connectivity index (χ0n) is 16.9. The summed E-state index contributed by atoms with van der Waals surface area (Å²) in [5, 5.41) is 0. The van der Waals surface area contributed by atoms with Crippen molar-refractivity contribution in [2.45, 2.75) is 24.9 Å². The molecular weight excluding hydrogens is 395 g/mol. The Hall–Kier alpha value is -3.68. The predicted octanol–water partition coefficient (Wildman–Crippen LogP) is 3.37. The lowest BCUT2D eigenvalue weighted by Gasteiger charge is -2.36. The summed E-state index contributed by atoms with van der Waals surface area (Å²) in [6, 6.07) is 9.04. The first-order chi connectivity index (χ1) is 15.1. The number of pyridine rings is 2. The van der Waals surface area contributed by atoms with Gasteiger partial charge in [0, 0.05) is 50.5 Å². The molecule has 5 rings (SSSR count). The minimum Gasteiger partial charge on any atom is -0.338 e. The van der Waals surface area contributed by atoms with Gasteiger partial charge in [0.2, 0.25) is 0 Å². The number of imidazole rings is 1. The summed E-state index contributed by atoms with van der Waals surface area (Å²) in [6.07, 6.45) is 11.1. The average molecular weight is 416 g/mol. The van der Waals surface area contributed by atoms with Crippen LogP contribution in [0.15, 0.2) is 67.6 Å². The highest BCUT2D eigenvalue weighted by Crippen LogP contribution is 2.32. The number of aromatic nitrogens is 5. The third-order valence-corrected chi connectivity index (χ3v) is 5.79. The minimum atomic E-state index is -1.34. The molecule has 0 aromatic carbocycles. The van der Waals surface area contributed by atoms with Crippen molar-refractivity contribution < 1.29 is 9.18 Å². The Morgan fingerprint density at radius 3 is 2.71 bits per heavy atom. The van der Waals surface area contributed by atoms with Crippen molar-refractivity contribution in [1.82, 2.24) is 29.2 Å². The molecular formula is C23H21FN6O. The molecule has 0 bridgehead atoms. The molecule has 0 saturated carbocycles. The van der Waals surface area contributed by atoms with Crippen LogP contribution in [0.1, 0.15) is 28.8 Å². The second-order valence-corrected chi connectivity index (χ2v) is 7.84. The summed E-state index contributed by atoms with van der Waals surface area (Å²) < 4.78 is 17.5. The third kappa shape index (κ3) is 3.88. The maximum atomic E-state index is 15.6. The van der Waals surface area contributed by atoms with Gasteiger partial charge in [0.1, 0.15) is 23.3 Å². The molecule has 8 heteroatoms. The number of amides is 1. The van der Waals surface area contributed by atoms with Gasteiger partial charge < -0.3 is 9.30 Å². The number of nitrogens with zero attached hydrogens (tertiary/aromatic N) is 6. The fourth-order valence-electron chi connectivity index (χ4n) is 4.10. The average Bonchev–Trinajstić information content (AvgIpc) is 3.27. The number of carbonyl (C=O) groups is 1. The maximum Gasteiger partial charge on any atom is 0.256 e. The normalized spacial score (nSPS) is 15.8. The first-order valence-corrected chi connectivity index (χ1v) is 10.2. The molecule has 156 valence electrons. The molecule has 5 heterocycles. The number of hydrogen-bond donors (Lipinski definition) is 0. The Morgan fingerprint density at radius 2 is 1.90 bits per heavy atom. The lowest BCUT2D eigenvalue weighted by Crippen LogP contribution is -2.45. The molecule has 0 N–H and O–H groups in total. The van der Waals surface area contributed by atoms with Crippen LogP contribution >= 0.6 is 0 Å². The molecule has 0 aliphatic carbocycles. The second-order valence-electron chi connectivity index (χ2n) is 7.84. The molecule has 4 aromatic rings. The standard InChI is InChI=1S/C23H21FN6O/c24-23(15-17-4-10-29-13-9-26-20(29)14-17)5-11-30(12-6-23)22(31)18-2-1-7-27-21(18)19-3-8-25-16-28-19/h1-4,7-10,13-14,16H,5-6,11-12,15H2. The van der Waals surface area contributed by atoms with Crippen LogP contribution in [0.2, 0.25) is 0 Å². The Balaban J connectivity index is 1.30. The largest absolute Gasteiger partial charge is 0.338 e. The lowest BCUT2D eigenvalue weighted by molar-refractivity contribution is 0.0437. The lowest BCUT2D eigenvalue weighted by atomic mass is 9.87. The number of halogens is 1. The van der Waals surface area contributed by atoms with Gasteiger partial charge in [-0.15, -0.1) is 0 Å². The van der Waals surface area contributed by atoms with Crippen LogP contribution in [0, 0.1) is 0 Å². The van der Waals surface area contributed by atoms with Gasteiger partial charge in [0.05, 0.1) is 11.3 Å². The van der Waals surface area contributed by atoms with Gasteiger partial charge in [0.25, 0.3) is 5.91 Å². The molecule has 1 fully saturated rings. The van der Waals surface area contributed by atoms with E-state index in [-0.39, 0.29) is 5.91 Å². The van der Waals surface area contributed by atoms with Crippen molar-refractivity contribution in [2.75, 3.05) is 13.1 Å². The van der Waals surface area contributed by atoms with E-state index < -0.39 is 5.67 Å². The van der Waals surface area contributed by atoms with Gasteiger partial charge in [-0.3, -0.25) is 9.78 Å². The maximum absolute atomic E-state index is 15.6. The summed E-state index contributed by atoms with van der Waals surface area (Å²) in [6.45, 7) is 0.720. The van der Waals surface area contributed by atoms with Crippen molar-refractivity contribution in [1.29, 1.82) is 0 Å². The molecule has 0 unspecified atom stereocenters. The number of alkyl halides is 1. The molecule has 1 saturated heterocycles. The Bertz CT molecular complexity index is 1220. The van der Waals surface area contributed by atoms with Gasteiger partial charge in [-0.2, -0.15) is 0 Å². The van der Waals surface area contributed by atoms with E-state index in [9.17, 15) is 4.79 Å². The van der Waals surface area contributed by atoms with Crippen LogP contribution in [0.4, 0.5) is 4.39 Å². The van der Waals surface area contributed by atoms with E-state index in [1.165, 1.54) is 6.33 Å². The van der Waals surface area contributed by atoms with E-state index in [0.29, 0.717) is 49.3 Å². The van der Waals surface area contributed by atoms with Crippen LogP contribution in [-0.4, -0.2) is 53.9 Å². The van der Waals surface area contributed by atoms with E-state index >= 15 is 4.39 Å². The molecule has 0 radical (unpaired) electrons. The van der Waals surface area contributed by atoms with Crippen molar-refractivity contribution in [3.05, 3.63) is 78.8 Å². The number of hydrogen-bond acceptors (Lipinski definition) is 5. The topological polar surface area (TPSA) is 76.3 Å². The van der Waals surface area contributed by atoms with Crippen LogP contribution in [-0.2, 0) is 6.42 Å². The highest BCUT2D eigenvalue weighted by molar-refractivity contribution is 5.99. The van der Waals surface area contributed by atoms with Gasteiger partial charge in [-0.1, -0.05) is 0 Å². The Kier molecular flexibility index (Phi) is 4.89. The molecule has 1 aliphatic rings. The molecule has 7 nitrogen and oxygen atoms in total. The molecule has 1 amide bonds. The summed E-state index contributed by atoms with van der Waals surface area (Å²) in [7, 11) is 0. The highest BCUT2D eigenvalue weighted by Gasteiger charge is 2.37. The molecule has 0 atom stereocenters. The molecule has 1 aliphatic heterocycles. The van der Waals surface area contributed by atoms with Gasteiger partial charge in [-0.25, -0.2) is 19.3 Å². The van der Waals surface area contributed by atoms with E-state index in [4.69, 9.17) is 0 Å². The Morgan fingerprint density at radius 1 is 1.03 bits per heavy atom. The van der Waals surface area contributed by atoms with Crippen molar-refractivity contribution in [2.24, 2.45) is 0 Å². The van der Waals surface area contributed by atoms with Crippen LogP contribution in [0.5, 0.6) is 0 Å². The minimum absolute atomic E-state index is 0.150. The SMILES string of the molecule is O=C(c1cccnc1-c1ccncn1)N1CCC(F)(Cc2ccn3ccnc3c2)CC1. The fraction of sp³-hybridized carbons (Fsp3) is 0.261. The zero-order valence-corrected chi connectivity index (χ0v) is 16.9.